The van der Waals surface area contributed by atoms with Gasteiger partial charge in [-0.25, -0.2) is 0 Å². The number of carbonyl (C=O) groups excluding carboxylic acids is 1. The Balaban J connectivity index is 3.09. The van der Waals surface area contributed by atoms with Gasteiger partial charge in [0.15, 0.2) is 0 Å². The molecule has 1 amide bonds. The normalized spacial score (nSPS) is 11.7. The molecule has 0 saturated heterocycles. The van der Waals surface area contributed by atoms with Gasteiger partial charge in [-0.3, -0.25) is 9.59 Å². The van der Waals surface area contributed by atoms with Crippen molar-refractivity contribution in [2.45, 2.75) is 19.4 Å². The molecule has 1 unspecified atom stereocenters. The van der Waals surface area contributed by atoms with Crippen LogP contribution in [0.1, 0.15) is 12.5 Å². The maximum Gasteiger partial charge on any atom is 0.320 e. The van der Waals surface area contributed by atoms with Gasteiger partial charge >= 0.3 is 5.97 Å². The van der Waals surface area contributed by atoms with E-state index < -0.39 is 12.0 Å². The minimum atomic E-state index is -1.09. The number of hydrogen-bond acceptors (Lipinski definition) is 4. The van der Waals surface area contributed by atoms with Crippen molar-refractivity contribution in [3.05, 3.63) is 23.8 Å². The van der Waals surface area contributed by atoms with Crippen LogP contribution in [-0.4, -0.2) is 30.1 Å². The minimum absolute atomic E-state index is 0.113. The highest BCUT2D eigenvalue weighted by Gasteiger charge is 2.17. The van der Waals surface area contributed by atoms with Gasteiger partial charge in [-0.2, -0.15) is 0 Å². The topological polar surface area (TPSA) is 102 Å². The molecule has 4 N–H and O–H groups in total. The molecule has 0 heterocycles. The number of anilines is 1. The number of carbonyl (C=O) groups is 2. The van der Waals surface area contributed by atoms with Crippen molar-refractivity contribution in [3.8, 4) is 5.75 Å². The molecule has 0 aliphatic heterocycles. The summed E-state index contributed by atoms with van der Waals surface area (Å²) in [7, 11) is 1.47. The summed E-state index contributed by atoms with van der Waals surface area (Å²) in [5.74, 6) is -0.878. The van der Waals surface area contributed by atoms with Crippen molar-refractivity contribution in [3.63, 3.8) is 0 Å². The average molecular weight is 252 g/mol. The molecule has 18 heavy (non-hydrogen) atoms. The Kier molecular flexibility index (Phi) is 4.67. The second-order valence-electron chi connectivity index (χ2n) is 3.82. The van der Waals surface area contributed by atoms with E-state index in [1.165, 1.54) is 14.0 Å². The van der Waals surface area contributed by atoms with Gasteiger partial charge in [0, 0.05) is 13.3 Å². The Morgan fingerprint density at radius 2 is 2.17 bits per heavy atom. The Bertz CT molecular complexity index is 459. The first kappa shape index (κ1) is 14.0. The third-order valence-electron chi connectivity index (χ3n) is 2.39. The molecule has 0 bridgehead atoms. The largest absolute Gasteiger partial charge is 0.495 e. The van der Waals surface area contributed by atoms with Gasteiger partial charge < -0.3 is 20.9 Å². The van der Waals surface area contributed by atoms with Gasteiger partial charge in [0.2, 0.25) is 5.91 Å². The van der Waals surface area contributed by atoms with Crippen LogP contribution in [0.25, 0.3) is 0 Å². The molecule has 0 spiro atoms. The zero-order valence-corrected chi connectivity index (χ0v) is 10.3. The maximum atomic E-state index is 11.1. The lowest BCUT2D eigenvalue weighted by molar-refractivity contribution is -0.138. The quantitative estimate of drug-likeness (QED) is 0.712. The number of amides is 1. The highest BCUT2D eigenvalue weighted by atomic mass is 16.5. The minimum Gasteiger partial charge on any atom is -0.495 e. The van der Waals surface area contributed by atoms with E-state index in [4.69, 9.17) is 15.6 Å². The fraction of sp³-hybridized carbons (Fsp3) is 0.333. The first-order valence-corrected chi connectivity index (χ1v) is 5.37. The van der Waals surface area contributed by atoms with Crippen LogP contribution < -0.4 is 15.8 Å². The van der Waals surface area contributed by atoms with Gasteiger partial charge in [-0.15, -0.1) is 0 Å². The molecule has 1 aromatic carbocycles. The van der Waals surface area contributed by atoms with Crippen LogP contribution in [0, 0.1) is 0 Å². The van der Waals surface area contributed by atoms with E-state index >= 15 is 0 Å². The number of hydrogen-bond donors (Lipinski definition) is 3. The van der Waals surface area contributed by atoms with Gasteiger partial charge in [0.1, 0.15) is 11.8 Å². The van der Waals surface area contributed by atoms with Crippen LogP contribution in [0.15, 0.2) is 18.2 Å². The lowest BCUT2D eigenvalue weighted by Gasteiger charge is -2.15. The molecule has 1 aromatic rings. The van der Waals surface area contributed by atoms with Crippen LogP contribution >= 0.6 is 0 Å². The van der Waals surface area contributed by atoms with E-state index in [0.29, 0.717) is 17.0 Å². The van der Waals surface area contributed by atoms with Crippen molar-refractivity contribution >= 4 is 17.6 Å². The Hall–Kier alpha value is -2.08. The van der Waals surface area contributed by atoms with Gasteiger partial charge in [-0.1, -0.05) is 12.1 Å². The predicted octanol–water partition coefficient (Wildman–Crippen LogP) is 0.608. The smallest absolute Gasteiger partial charge is 0.320 e. The molecule has 0 saturated carbocycles. The maximum absolute atomic E-state index is 11.1. The van der Waals surface area contributed by atoms with Gasteiger partial charge in [-0.05, 0) is 11.6 Å². The van der Waals surface area contributed by atoms with Crippen molar-refractivity contribution in [1.82, 2.24) is 0 Å². The van der Waals surface area contributed by atoms with E-state index in [9.17, 15) is 9.59 Å². The lowest BCUT2D eigenvalue weighted by Crippen LogP contribution is -2.32. The van der Waals surface area contributed by atoms with Crippen LogP contribution in [0.5, 0.6) is 5.75 Å². The van der Waals surface area contributed by atoms with E-state index in [-0.39, 0.29) is 12.3 Å². The number of aliphatic carboxylic acids is 1. The number of nitrogens with two attached hydrogens (primary N) is 1. The van der Waals surface area contributed by atoms with Gasteiger partial charge in [0.25, 0.3) is 0 Å². The zero-order chi connectivity index (χ0) is 13.7. The molecular weight excluding hydrogens is 236 g/mol. The molecular formula is C12H16N2O4. The second-order valence-corrected chi connectivity index (χ2v) is 3.82. The highest BCUT2D eigenvalue weighted by Crippen LogP contribution is 2.29. The monoisotopic (exact) mass is 252 g/mol. The number of rotatable bonds is 5. The number of ether oxygens (including phenoxy) is 1. The SMILES string of the molecule is COc1cccc(CC(N)C(=O)O)c1NC(C)=O. The number of methoxy groups -OCH3 is 1. The van der Waals surface area contributed by atoms with Crippen molar-refractivity contribution in [2.75, 3.05) is 12.4 Å². The summed E-state index contributed by atoms with van der Waals surface area (Å²) in [5.41, 5.74) is 6.57. The van der Waals surface area contributed by atoms with Crippen LogP contribution in [0.2, 0.25) is 0 Å². The van der Waals surface area contributed by atoms with Crippen molar-refractivity contribution in [1.29, 1.82) is 0 Å². The molecule has 98 valence electrons. The van der Waals surface area contributed by atoms with Crippen LogP contribution in [0.3, 0.4) is 0 Å². The Morgan fingerprint density at radius 1 is 1.50 bits per heavy atom. The zero-order valence-electron chi connectivity index (χ0n) is 10.3. The first-order chi connectivity index (χ1) is 8.45. The third kappa shape index (κ3) is 3.46. The molecule has 0 aromatic heterocycles. The summed E-state index contributed by atoms with van der Waals surface area (Å²) >= 11 is 0. The lowest BCUT2D eigenvalue weighted by atomic mass is 10.0. The first-order valence-electron chi connectivity index (χ1n) is 5.37. The summed E-state index contributed by atoms with van der Waals surface area (Å²) in [5, 5.41) is 11.4. The molecule has 0 aliphatic rings. The molecule has 0 aliphatic carbocycles. The Morgan fingerprint density at radius 3 is 2.67 bits per heavy atom. The summed E-state index contributed by atoms with van der Waals surface area (Å²) in [4.78, 5) is 21.9. The number of nitrogens with one attached hydrogen (secondary N) is 1. The number of carboxylic acids is 1. The van der Waals surface area contributed by atoms with E-state index in [1.54, 1.807) is 18.2 Å². The molecule has 0 fully saturated rings. The molecule has 6 heteroatoms. The summed E-state index contributed by atoms with van der Waals surface area (Å²) in [6.45, 7) is 1.37. The number of benzene rings is 1. The molecule has 1 atom stereocenters. The van der Waals surface area contributed by atoms with E-state index in [0.717, 1.165) is 0 Å². The summed E-state index contributed by atoms with van der Waals surface area (Å²) < 4.78 is 5.13. The average Bonchev–Trinajstić information content (AvgIpc) is 2.30. The number of para-hydroxylation sites is 1. The van der Waals surface area contributed by atoms with Crippen molar-refractivity contribution in [2.24, 2.45) is 5.73 Å². The van der Waals surface area contributed by atoms with Crippen LogP contribution in [-0.2, 0) is 16.0 Å². The van der Waals surface area contributed by atoms with Crippen molar-refractivity contribution < 1.29 is 19.4 Å². The summed E-state index contributed by atoms with van der Waals surface area (Å²) in [6.07, 6.45) is 0.113. The Labute approximate surface area is 105 Å². The molecule has 1 rings (SSSR count). The third-order valence-corrected chi connectivity index (χ3v) is 2.39. The fourth-order valence-corrected chi connectivity index (χ4v) is 1.56. The molecule has 6 nitrogen and oxygen atoms in total. The standard InChI is InChI=1S/C12H16N2O4/c1-7(15)14-11-8(6-9(13)12(16)17)4-3-5-10(11)18-2/h3-5,9H,6,13H2,1-2H3,(H,14,15)(H,16,17). The fourth-order valence-electron chi connectivity index (χ4n) is 1.56. The van der Waals surface area contributed by atoms with E-state index in [2.05, 4.69) is 5.32 Å². The number of carboxylic acid groups (broad SMARTS) is 1. The summed E-state index contributed by atoms with van der Waals surface area (Å²) in [6, 6.07) is 4.08. The van der Waals surface area contributed by atoms with E-state index in [1.807, 2.05) is 0 Å². The molecule has 0 radical (unpaired) electrons. The predicted molar refractivity (Wildman–Crippen MR) is 66.6 cm³/mol. The second kappa shape index (κ2) is 6.02. The van der Waals surface area contributed by atoms with Gasteiger partial charge in [0.05, 0.1) is 12.8 Å². The van der Waals surface area contributed by atoms with Crippen LogP contribution in [0.4, 0.5) is 5.69 Å². The highest BCUT2D eigenvalue weighted by molar-refractivity contribution is 5.91.